The van der Waals surface area contributed by atoms with Crippen LogP contribution in [-0.4, -0.2) is 16.3 Å². The van der Waals surface area contributed by atoms with Gasteiger partial charge in [0, 0.05) is 38.8 Å². The molecule has 6 rings (SSSR count). The van der Waals surface area contributed by atoms with Gasteiger partial charge in [-0.2, -0.15) is 0 Å². The third-order valence-corrected chi connectivity index (χ3v) is 6.25. The topological polar surface area (TPSA) is 17.8 Å². The van der Waals surface area contributed by atoms with Crippen molar-refractivity contribution in [1.82, 2.24) is 9.46 Å². The molecule has 4 aromatic carbocycles. The Morgan fingerprint density at radius 2 is 1.21 bits per heavy atom. The van der Waals surface area contributed by atoms with Gasteiger partial charge < -0.3 is 4.48 Å². The van der Waals surface area contributed by atoms with Crippen molar-refractivity contribution in [2.24, 2.45) is 0 Å². The van der Waals surface area contributed by atoms with E-state index in [2.05, 4.69) is 4.98 Å². The van der Waals surface area contributed by atoms with E-state index in [0.29, 0.717) is 16.6 Å². The molecule has 0 radical (unpaired) electrons. The van der Waals surface area contributed by atoms with Crippen LogP contribution in [0.3, 0.4) is 0 Å². The molecule has 164 valence electrons. The second kappa shape index (κ2) is 7.73. The smallest absolute Gasteiger partial charge is 0.340 e. The van der Waals surface area contributed by atoms with E-state index in [4.69, 9.17) is 0 Å². The molecule has 0 amide bonds. The van der Waals surface area contributed by atoms with Crippen LogP contribution in [0.15, 0.2) is 91.1 Å². The maximum absolute atomic E-state index is 15.2. The third kappa shape index (κ3) is 2.93. The Morgan fingerprint density at radius 3 is 1.85 bits per heavy atom. The summed E-state index contributed by atoms with van der Waals surface area (Å²) < 4.78 is 62.6. The van der Waals surface area contributed by atoms with Crippen molar-refractivity contribution < 1.29 is 17.6 Å². The van der Waals surface area contributed by atoms with E-state index in [0.717, 1.165) is 40.4 Å². The van der Waals surface area contributed by atoms with Gasteiger partial charge in [0.05, 0.1) is 11.0 Å². The molecule has 0 aliphatic rings. The highest BCUT2D eigenvalue weighted by Gasteiger charge is 2.36. The van der Waals surface area contributed by atoms with Crippen molar-refractivity contribution in [3.63, 3.8) is 0 Å². The summed E-state index contributed by atoms with van der Waals surface area (Å²) in [5.41, 5.74) is 0.791. The zero-order valence-electron chi connectivity index (χ0n) is 17.6. The van der Waals surface area contributed by atoms with Gasteiger partial charge in [0.15, 0.2) is 0 Å². The first-order valence-electron chi connectivity index (χ1n) is 10.7. The molecule has 0 aliphatic heterocycles. The van der Waals surface area contributed by atoms with Crippen LogP contribution in [0.1, 0.15) is 0 Å². The molecule has 0 saturated heterocycles. The second-order valence-corrected chi connectivity index (χ2v) is 8.10. The molecule has 0 N–H and O–H groups in total. The van der Waals surface area contributed by atoms with E-state index in [-0.39, 0.29) is 0 Å². The monoisotopic (exact) mass is 454 g/mol. The minimum Gasteiger partial charge on any atom is -0.374 e. The Hall–Kier alpha value is -4.13. The predicted molar refractivity (Wildman–Crippen MR) is 128 cm³/mol. The number of benzene rings is 4. The van der Waals surface area contributed by atoms with Gasteiger partial charge in [0.25, 0.3) is 0 Å². The number of hydrogen-bond acceptors (Lipinski definition) is 1. The quantitative estimate of drug-likeness (QED) is 0.253. The maximum atomic E-state index is 15.2. The minimum atomic E-state index is -1.46. The average Bonchev–Trinajstić information content (AvgIpc) is 3.17. The van der Waals surface area contributed by atoms with E-state index in [1.54, 1.807) is 28.9 Å². The highest BCUT2D eigenvalue weighted by Crippen LogP contribution is 2.34. The Labute approximate surface area is 192 Å². The molecule has 34 heavy (non-hydrogen) atoms. The summed E-state index contributed by atoms with van der Waals surface area (Å²) in [5.74, 6) is -3.59. The van der Waals surface area contributed by atoms with Crippen molar-refractivity contribution in [1.29, 1.82) is 0 Å². The van der Waals surface area contributed by atoms with Crippen molar-refractivity contribution in [2.45, 2.75) is 0 Å². The summed E-state index contributed by atoms with van der Waals surface area (Å²) in [4.78, 5) is 4.53. The van der Waals surface area contributed by atoms with Gasteiger partial charge in [-0.05, 0) is 36.4 Å². The first kappa shape index (κ1) is 20.5. The summed E-state index contributed by atoms with van der Waals surface area (Å²) in [6.07, 6.45) is 1.62. The molecule has 0 aliphatic carbocycles. The van der Waals surface area contributed by atoms with Crippen LogP contribution in [0.2, 0.25) is 0 Å². The molecule has 7 heteroatoms. The number of aromatic nitrogens is 2. The van der Waals surface area contributed by atoms with Crippen LogP contribution in [0.4, 0.5) is 17.6 Å². The Morgan fingerprint density at radius 1 is 0.588 bits per heavy atom. The van der Waals surface area contributed by atoms with E-state index in [1.807, 2.05) is 30.3 Å². The van der Waals surface area contributed by atoms with E-state index in [1.165, 1.54) is 12.1 Å². The van der Waals surface area contributed by atoms with Crippen LogP contribution < -0.4 is 10.9 Å². The van der Waals surface area contributed by atoms with Crippen LogP contribution in [0.5, 0.6) is 0 Å². The summed E-state index contributed by atoms with van der Waals surface area (Å²) in [6.45, 7) is -1.46. The molecular formula is C27H15BF4N2. The number of pyridine rings is 1. The number of rotatable bonds is 3. The van der Waals surface area contributed by atoms with Crippen LogP contribution >= 0.6 is 0 Å². The second-order valence-electron chi connectivity index (χ2n) is 8.10. The molecular weight excluding hydrogens is 439 g/mol. The standard InChI is InChI=1S/C27H15BF4N2/c29-19-8-3-9-20(30)24(19)28(25-21(31)10-4-11-22(25)32)34-23-12-2-1-7-17(23)18-14-13-16-6-5-15-33-26(16)27(18)34/h1-15H. The number of hydrogen-bond donors (Lipinski definition) is 0. The number of nitrogens with zero attached hydrogens (tertiary/aromatic N) is 2. The lowest BCUT2D eigenvalue weighted by atomic mass is 9.49. The molecule has 0 fully saturated rings. The lowest BCUT2D eigenvalue weighted by Gasteiger charge is -2.21. The summed E-state index contributed by atoms with van der Waals surface area (Å²) in [5, 5.41) is 2.34. The fourth-order valence-corrected chi connectivity index (χ4v) is 4.84. The minimum absolute atomic E-state index is 0.443. The van der Waals surface area contributed by atoms with Gasteiger partial charge in [0.1, 0.15) is 23.3 Å². The van der Waals surface area contributed by atoms with Crippen molar-refractivity contribution in [3.05, 3.63) is 114 Å². The van der Waals surface area contributed by atoms with Gasteiger partial charge in [-0.3, -0.25) is 4.98 Å². The van der Waals surface area contributed by atoms with E-state index >= 15 is 17.6 Å². The SMILES string of the molecule is Fc1cccc(F)c1B(c1c(F)cccc1F)n1c2ccccc2c2ccc3cccnc3c21. The molecule has 0 atom stereocenters. The number of fused-ring (bicyclic) bond motifs is 5. The molecule has 2 nitrogen and oxygen atoms in total. The van der Waals surface area contributed by atoms with Crippen molar-refractivity contribution in [3.8, 4) is 0 Å². The fraction of sp³-hybridized carbons (Fsp3) is 0. The molecule has 0 saturated carbocycles. The first-order chi connectivity index (χ1) is 16.6. The first-order valence-corrected chi connectivity index (χ1v) is 10.7. The predicted octanol–water partition coefficient (Wildman–Crippen LogP) is 5.55. The fourth-order valence-electron chi connectivity index (χ4n) is 4.84. The molecule has 0 spiro atoms. The third-order valence-electron chi connectivity index (χ3n) is 6.25. The zero-order valence-corrected chi connectivity index (χ0v) is 17.6. The maximum Gasteiger partial charge on any atom is 0.340 e. The average molecular weight is 454 g/mol. The summed E-state index contributed by atoms with van der Waals surface area (Å²) in [6, 6.07) is 21.5. The largest absolute Gasteiger partial charge is 0.374 e. The van der Waals surface area contributed by atoms with Crippen molar-refractivity contribution >= 4 is 50.5 Å². The van der Waals surface area contributed by atoms with Gasteiger partial charge >= 0.3 is 6.85 Å². The summed E-state index contributed by atoms with van der Waals surface area (Å²) >= 11 is 0. The van der Waals surface area contributed by atoms with Gasteiger partial charge in [-0.1, -0.05) is 48.5 Å². The molecule has 0 unspecified atom stereocenters. The Balaban J connectivity index is 1.88. The zero-order chi connectivity index (χ0) is 23.4. The van der Waals surface area contributed by atoms with Gasteiger partial charge in [0.2, 0.25) is 0 Å². The van der Waals surface area contributed by atoms with Gasteiger partial charge in [-0.25, -0.2) is 17.6 Å². The lowest BCUT2D eigenvalue weighted by molar-refractivity contribution is 0.591. The van der Waals surface area contributed by atoms with E-state index in [9.17, 15) is 0 Å². The highest BCUT2D eigenvalue weighted by molar-refractivity contribution is 6.85. The van der Waals surface area contributed by atoms with Gasteiger partial charge in [-0.15, -0.1) is 0 Å². The summed E-state index contributed by atoms with van der Waals surface area (Å²) in [7, 11) is 0. The molecule has 2 aromatic heterocycles. The molecule has 2 heterocycles. The number of halogens is 4. The molecule has 6 aromatic rings. The Bertz CT molecular complexity index is 1640. The van der Waals surface area contributed by atoms with Crippen LogP contribution in [0.25, 0.3) is 32.7 Å². The molecule has 0 bridgehead atoms. The normalized spacial score (nSPS) is 11.5. The van der Waals surface area contributed by atoms with E-state index < -0.39 is 41.0 Å². The van der Waals surface area contributed by atoms with Crippen molar-refractivity contribution in [2.75, 3.05) is 0 Å². The van der Waals surface area contributed by atoms with Crippen LogP contribution in [0, 0.1) is 23.3 Å². The highest BCUT2D eigenvalue weighted by atomic mass is 19.1. The lowest BCUT2D eigenvalue weighted by Crippen LogP contribution is -2.54. The number of para-hydroxylation sites is 1. The Kier molecular flexibility index (Phi) is 4.66. The van der Waals surface area contributed by atoms with Crippen LogP contribution in [-0.2, 0) is 0 Å².